The molecule has 2 aromatic heterocycles. The van der Waals surface area contributed by atoms with Crippen LogP contribution in [0, 0.1) is 12.8 Å². The van der Waals surface area contributed by atoms with Crippen molar-refractivity contribution >= 4 is 17.5 Å². The van der Waals surface area contributed by atoms with Crippen molar-refractivity contribution in [1.82, 2.24) is 30.6 Å². The van der Waals surface area contributed by atoms with Crippen molar-refractivity contribution in [3.05, 3.63) is 65.9 Å². The number of benzene rings is 2. The lowest BCUT2D eigenvalue weighted by Crippen LogP contribution is -2.29. The van der Waals surface area contributed by atoms with Gasteiger partial charge in [0.05, 0.1) is 17.8 Å². The summed E-state index contributed by atoms with van der Waals surface area (Å²) >= 11 is 0. The van der Waals surface area contributed by atoms with Gasteiger partial charge in [-0.25, -0.2) is 9.97 Å². The van der Waals surface area contributed by atoms with E-state index in [1.165, 1.54) is 12.8 Å². The molecule has 2 aromatic carbocycles. The molecule has 1 amide bonds. The van der Waals surface area contributed by atoms with E-state index >= 15 is 0 Å². The fraction of sp³-hybridized carbons (Fsp3) is 0.333. The minimum atomic E-state index is -0.120. The quantitative estimate of drug-likeness (QED) is 0.344. The Labute approximate surface area is 210 Å². The summed E-state index contributed by atoms with van der Waals surface area (Å²) in [5.41, 5.74) is 4.99. The third-order valence-electron chi connectivity index (χ3n) is 6.19. The highest BCUT2D eigenvalue weighted by atomic mass is 16.1. The summed E-state index contributed by atoms with van der Waals surface area (Å²) in [5.74, 6) is 1.71. The van der Waals surface area contributed by atoms with Crippen LogP contribution < -0.4 is 10.2 Å². The molecular formula is C27H30N8O. The normalized spacial score (nSPS) is 12.9. The number of tetrazole rings is 1. The Morgan fingerprint density at radius 3 is 2.56 bits per heavy atom. The van der Waals surface area contributed by atoms with Gasteiger partial charge < -0.3 is 10.2 Å². The van der Waals surface area contributed by atoms with Crippen LogP contribution in [-0.4, -0.2) is 49.6 Å². The van der Waals surface area contributed by atoms with Gasteiger partial charge in [0.25, 0.3) is 0 Å². The van der Waals surface area contributed by atoms with E-state index in [-0.39, 0.29) is 12.3 Å². The van der Waals surface area contributed by atoms with Gasteiger partial charge in [-0.15, -0.1) is 10.2 Å². The van der Waals surface area contributed by atoms with Crippen LogP contribution in [0.2, 0.25) is 0 Å². The highest BCUT2D eigenvalue weighted by molar-refractivity contribution is 5.92. The molecule has 4 aromatic rings. The average Bonchev–Trinajstić information content (AvgIpc) is 3.53. The number of nitrogens with zero attached hydrogens (tertiary/aromatic N) is 6. The fourth-order valence-corrected chi connectivity index (χ4v) is 4.19. The first kappa shape index (κ1) is 23.6. The van der Waals surface area contributed by atoms with E-state index in [2.05, 4.69) is 37.8 Å². The number of aromatic amines is 1. The van der Waals surface area contributed by atoms with E-state index < -0.39 is 0 Å². The summed E-state index contributed by atoms with van der Waals surface area (Å²) < 4.78 is 0. The average molecular weight is 483 g/mol. The van der Waals surface area contributed by atoms with Crippen LogP contribution in [-0.2, 0) is 11.2 Å². The summed E-state index contributed by atoms with van der Waals surface area (Å²) in [5, 5.41) is 17.5. The van der Waals surface area contributed by atoms with Gasteiger partial charge in [-0.3, -0.25) is 4.79 Å². The topological polar surface area (TPSA) is 113 Å². The number of H-pyrrole nitrogens is 1. The summed E-state index contributed by atoms with van der Waals surface area (Å²) in [7, 11) is 0. The van der Waals surface area contributed by atoms with Crippen LogP contribution in [0.15, 0.2) is 54.6 Å². The minimum absolute atomic E-state index is 0.120. The Morgan fingerprint density at radius 2 is 1.86 bits per heavy atom. The van der Waals surface area contributed by atoms with Crippen LogP contribution in [0.3, 0.4) is 0 Å². The van der Waals surface area contributed by atoms with Gasteiger partial charge in [0.2, 0.25) is 17.7 Å². The maximum atomic E-state index is 12.9. The third kappa shape index (κ3) is 5.73. The second kappa shape index (κ2) is 10.6. The Morgan fingerprint density at radius 1 is 1.08 bits per heavy atom. The molecule has 0 atom stereocenters. The molecule has 9 heteroatoms. The number of anilines is 2. The Bertz CT molecular complexity index is 1320. The Balaban J connectivity index is 1.50. The number of nitrogens with one attached hydrogen (secondary N) is 2. The van der Waals surface area contributed by atoms with Crippen molar-refractivity contribution in [2.45, 2.75) is 39.5 Å². The summed E-state index contributed by atoms with van der Waals surface area (Å²) in [6.07, 6.45) is 3.62. The van der Waals surface area contributed by atoms with Crippen LogP contribution in [0.5, 0.6) is 0 Å². The molecule has 1 aliphatic rings. The van der Waals surface area contributed by atoms with Gasteiger partial charge in [-0.05, 0) is 55.5 Å². The summed E-state index contributed by atoms with van der Waals surface area (Å²) in [6.45, 7) is 5.97. The molecule has 0 spiro atoms. The first-order valence-electron chi connectivity index (χ1n) is 12.4. The van der Waals surface area contributed by atoms with Gasteiger partial charge in [-0.1, -0.05) is 48.9 Å². The number of carbonyl (C=O) groups excluding carboxylic acids is 1. The highest BCUT2D eigenvalue weighted by Gasteiger charge is 2.26. The van der Waals surface area contributed by atoms with Crippen LogP contribution in [0.4, 0.5) is 11.6 Å². The third-order valence-corrected chi connectivity index (χ3v) is 6.19. The predicted octanol–water partition coefficient (Wildman–Crippen LogP) is 4.44. The van der Waals surface area contributed by atoms with E-state index in [0.29, 0.717) is 23.4 Å². The number of carbonyl (C=O) groups is 1. The molecule has 0 saturated heterocycles. The lowest BCUT2D eigenvalue weighted by Gasteiger charge is -2.23. The van der Waals surface area contributed by atoms with Gasteiger partial charge in [0.15, 0.2) is 0 Å². The molecule has 0 unspecified atom stereocenters. The Hall–Kier alpha value is -4.14. The maximum Gasteiger partial charge on any atom is 0.230 e. The van der Waals surface area contributed by atoms with Crippen LogP contribution in [0.1, 0.15) is 37.4 Å². The molecule has 0 radical (unpaired) electrons. The molecule has 9 nitrogen and oxygen atoms in total. The lowest BCUT2D eigenvalue weighted by molar-refractivity contribution is -0.115. The van der Waals surface area contributed by atoms with Crippen molar-refractivity contribution in [3.63, 3.8) is 0 Å². The molecule has 1 fully saturated rings. The van der Waals surface area contributed by atoms with E-state index in [1.807, 2.05) is 61.5 Å². The second-order valence-corrected chi connectivity index (χ2v) is 9.31. The van der Waals surface area contributed by atoms with Gasteiger partial charge in [0.1, 0.15) is 0 Å². The second-order valence-electron chi connectivity index (χ2n) is 9.31. The van der Waals surface area contributed by atoms with E-state index in [1.54, 1.807) is 0 Å². The molecule has 1 saturated carbocycles. The van der Waals surface area contributed by atoms with Gasteiger partial charge in [0, 0.05) is 29.9 Å². The summed E-state index contributed by atoms with van der Waals surface area (Å²) in [4.78, 5) is 25.0. The molecule has 36 heavy (non-hydrogen) atoms. The number of aryl methyl sites for hydroxylation is 1. The monoisotopic (exact) mass is 482 g/mol. The standard InChI is InChI=1S/C27H30N8O/c1-3-14-35(17-19-10-11-19)27-29-21(16-25(36)28-20-12-8-18(2)9-13-20)15-24(30-27)22-6-4-5-7-23(22)26-31-33-34-32-26/h4-9,12-13,15,19H,3,10-11,14,16-17H2,1-2H3,(H,28,36)(H,31,32,33,34). The number of aromatic nitrogens is 6. The first-order valence-corrected chi connectivity index (χ1v) is 12.4. The zero-order chi connectivity index (χ0) is 24.9. The van der Waals surface area contributed by atoms with E-state index in [4.69, 9.17) is 9.97 Å². The fourth-order valence-electron chi connectivity index (χ4n) is 4.19. The van der Waals surface area contributed by atoms with Crippen LogP contribution in [0.25, 0.3) is 22.6 Å². The largest absolute Gasteiger partial charge is 0.341 e. The molecule has 2 heterocycles. The van der Waals surface area contributed by atoms with Gasteiger partial charge >= 0.3 is 0 Å². The SMILES string of the molecule is CCCN(CC1CC1)c1nc(CC(=O)Nc2ccc(C)cc2)cc(-c2ccccc2-c2nn[nH]n2)n1. The zero-order valence-electron chi connectivity index (χ0n) is 20.6. The minimum Gasteiger partial charge on any atom is -0.341 e. The molecular weight excluding hydrogens is 452 g/mol. The zero-order valence-corrected chi connectivity index (χ0v) is 20.6. The number of hydrogen-bond acceptors (Lipinski definition) is 7. The van der Waals surface area contributed by atoms with Crippen LogP contribution >= 0.6 is 0 Å². The number of hydrogen-bond donors (Lipinski definition) is 2. The Kier molecular flexibility index (Phi) is 6.97. The molecule has 184 valence electrons. The summed E-state index contributed by atoms with van der Waals surface area (Å²) in [6, 6.07) is 17.5. The molecule has 0 aliphatic heterocycles. The van der Waals surface area contributed by atoms with E-state index in [0.717, 1.165) is 47.6 Å². The molecule has 2 N–H and O–H groups in total. The molecule has 1 aliphatic carbocycles. The van der Waals surface area contributed by atoms with Crippen molar-refractivity contribution < 1.29 is 4.79 Å². The lowest BCUT2D eigenvalue weighted by atomic mass is 10.0. The molecule has 5 rings (SSSR count). The van der Waals surface area contributed by atoms with Crippen molar-refractivity contribution in [2.75, 3.05) is 23.3 Å². The smallest absolute Gasteiger partial charge is 0.230 e. The van der Waals surface area contributed by atoms with E-state index in [9.17, 15) is 4.79 Å². The van der Waals surface area contributed by atoms with Crippen molar-refractivity contribution in [1.29, 1.82) is 0 Å². The number of amides is 1. The predicted molar refractivity (Wildman–Crippen MR) is 139 cm³/mol. The highest BCUT2D eigenvalue weighted by Crippen LogP contribution is 2.33. The first-order chi connectivity index (χ1) is 17.6. The maximum absolute atomic E-state index is 12.9. The van der Waals surface area contributed by atoms with Crippen molar-refractivity contribution in [2.24, 2.45) is 5.92 Å². The number of rotatable bonds is 10. The molecule has 0 bridgehead atoms. The van der Waals surface area contributed by atoms with Crippen molar-refractivity contribution in [3.8, 4) is 22.6 Å². The van der Waals surface area contributed by atoms with Gasteiger partial charge in [-0.2, -0.15) is 5.21 Å².